The number of nitrogens with zero attached hydrogens (tertiary/aromatic N) is 3. The van der Waals surface area contributed by atoms with Crippen LogP contribution < -0.4 is 0 Å². The summed E-state index contributed by atoms with van der Waals surface area (Å²) in [7, 11) is 1.75. The van der Waals surface area contributed by atoms with Crippen LogP contribution in [0, 0.1) is 11.3 Å². The third-order valence-electron chi connectivity index (χ3n) is 2.31. The first kappa shape index (κ1) is 21.1. The standard InChI is InChI=1S/C12H19F2N3O6/c1-6-21-17(23-8(2)3)10(19)9(18)16(4)12(7-15,20-5)22-11(13)14/h8,11H,6H2,1-5H3. The van der Waals surface area contributed by atoms with Gasteiger partial charge in [-0.3, -0.25) is 19.2 Å². The molecule has 0 bridgehead atoms. The summed E-state index contributed by atoms with van der Waals surface area (Å²) in [5.74, 6) is -5.54. The highest BCUT2D eigenvalue weighted by Gasteiger charge is 2.46. The van der Waals surface area contributed by atoms with Gasteiger partial charge in [-0.15, -0.1) is 0 Å². The van der Waals surface area contributed by atoms with E-state index in [1.807, 2.05) is 0 Å². The van der Waals surface area contributed by atoms with Crippen molar-refractivity contribution in [2.45, 2.75) is 39.4 Å². The Labute approximate surface area is 132 Å². The van der Waals surface area contributed by atoms with E-state index in [0.29, 0.717) is 5.23 Å². The van der Waals surface area contributed by atoms with Crippen LogP contribution in [0.5, 0.6) is 0 Å². The van der Waals surface area contributed by atoms with Gasteiger partial charge in [0.2, 0.25) is 0 Å². The maximum Gasteiger partial charge on any atom is 0.361 e. The van der Waals surface area contributed by atoms with Gasteiger partial charge >= 0.3 is 24.3 Å². The minimum Gasteiger partial charge on any atom is -0.324 e. The lowest BCUT2D eigenvalue weighted by molar-refractivity contribution is -0.354. The Morgan fingerprint density at radius 3 is 2.22 bits per heavy atom. The molecule has 0 radical (unpaired) electrons. The molecule has 0 aliphatic carbocycles. The summed E-state index contributed by atoms with van der Waals surface area (Å²) in [6.07, 6.45) is -0.510. The van der Waals surface area contributed by atoms with Gasteiger partial charge in [0, 0.05) is 14.2 Å². The Hall–Kier alpha value is -1.87. The number of rotatable bonds is 8. The maximum absolute atomic E-state index is 12.4. The van der Waals surface area contributed by atoms with Crippen LogP contribution in [0.3, 0.4) is 0 Å². The number of methoxy groups -OCH3 is 1. The van der Waals surface area contributed by atoms with E-state index in [4.69, 9.17) is 14.9 Å². The minimum absolute atomic E-state index is 0.00331. The SMILES string of the molecule is CCON(OC(C)C)C(=O)C(=O)N(C)C(C#N)(OC)OC(F)F. The Morgan fingerprint density at radius 2 is 1.87 bits per heavy atom. The summed E-state index contributed by atoms with van der Waals surface area (Å²) in [6.45, 7) is 1.25. The van der Waals surface area contributed by atoms with Crippen LogP contribution in [0.25, 0.3) is 0 Å². The summed E-state index contributed by atoms with van der Waals surface area (Å²) < 4.78 is 33.5. The molecule has 0 aromatic heterocycles. The van der Waals surface area contributed by atoms with Gasteiger partial charge in [-0.2, -0.15) is 14.0 Å². The first-order chi connectivity index (χ1) is 10.6. The van der Waals surface area contributed by atoms with Gasteiger partial charge in [0.1, 0.15) is 0 Å². The van der Waals surface area contributed by atoms with Crippen molar-refractivity contribution in [1.29, 1.82) is 5.26 Å². The minimum atomic E-state index is -3.42. The average molecular weight is 339 g/mol. The zero-order valence-electron chi connectivity index (χ0n) is 13.4. The highest BCUT2D eigenvalue weighted by atomic mass is 19.3. The molecule has 2 amide bonds. The summed E-state index contributed by atoms with van der Waals surface area (Å²) in [5, 5.41) is 9.31. The molecule has 0 N–H and O–H groups in total. The summed E-state index contributed by atoms with van der Waals surface area (Å²) in [6, 6.07) is 1.27. The van der Waals surface area contributed by atoms with Crippen molar-refractivity contribution in [3.05, 3.63) is 0 Å². The van der Waals surface area contributed by atoms with Crippen molar-refractivity contribution >= 4 is 11.8 Å². The van der Waals surface area contributed by atoms with Crippen molar-refractivity contribution in [2.24, 2.45) is 0 Å². The normalized spacial score (nSPS) is 13.6. The number of nitriles is 1. The molecule has 1 unspecified atom stereocenters. The number of likely N-dealkylation sites (N-methyl/N-ethyl adjacent to an activating group) is 1. The molecular weight excluding hydrogens is 320 g/mol. The number of alkyl halides is 2. The molecule has 0 aliphatic heterocycles. The Kier molecular flexibility index (Phi) is 8.55. The smallest absolute Gasteiger partial charge is 0.324 e. The number of carbonyl (C=O) groups excluding carboxylic acids is 2. The van der Waals surface area contributed by atoms with Gasteiger partial charge in [0.25, 0.3) is 0 Å². The van der Waals surface area contributed by atoms with Gasteiger partial charge in [-0.25, -0.2) is 9.68 Å². The fraction of sp³-hybridized carbons (Fsp3) is 0.750. The van der Waals surface area contributed by atoms with Crippen LogP contribution in [-0.4, -0.2) is 61.3 Å². The molecule has 0 saturated heterocycles. The van der Waals surface area contributed by atoms with Crippen LogP contribution in [0.2, 0.25) is 0 Å². The quantitative estimate of drug-likeness (QED) is 0.363. The first-order valence-corrected chi connectivity index (χ1v) is 6.49. The Balaban J connectivity index is 5.36. The maximum atomic E-state index is 12.4. The average Bonchev–Trinajstić information content (AvgIpc) is 2.49. The van der Waals surface area contributed by atoms with E-state index in [1.165, 1.54) is 13.0 Å². The predicted octanol–water partition coefficient (Wildman–Crippen LogP) is 0.628. The van der Waals surface area contributed by atoms with Crippen molar-refractivity contribution in [3.63, 3.8) is 0 Å². The number of ether oxygens (including phenoxy) is 2. The van der Waals surface area contributed by atoms with Crippen LogP contribution in [-0.2, 0) is 28.7 Å². The topological polar surface area (TPSA) is 101 Å². The number of hydrogen-bond acceptors (Lipinski definition) is 7. The molecule has 132 valence electrons. The van der Waals surface area contributed by atoms with Crippen molar-refractivity contribution in [3.8, 4) is 6.07 Å². The molecule has 0 fully saturated rings. The van der Waals surface area contributed by atoms with Crippen LogP contribution in [0.4, 0.5) is 8.78 Å². The second kappa shape index (κ2) is 9.31. The van der Waals surface area contributed by atoms with Gasteiger partial charge in [0.05, 0.1) is 12.7 Å². The monoisotopic (exact) mass is 339 g/mol. The molecule has 0 aromatic carbocycles. The number of carbonyl (C=O) groups is 2. The Bertz CT molecular complexity index is 457. The lowest BCUT2D eigenvalue weighted by atomic mass is 10.4. The summed E-state index contributed by atoms with van der Waals surface area (Å²) in [4.78, 5) is 34.3. The highest BCUT2D eigenvalue weighted by molar-refractivity contribution is 6.34. The lowest BCUT2D eigenvalue weighted by Crippen LogP contribution is -2.57. The van der Waals surface area contributed by atoms with Crippen LogP contribution >= 0.6 is 0 Å². The molecule has 0 aromatic rings. The molecule has 0 aliphatic rings. The number of hydrogen-bond donors (Lipinski definition) is 0. The number of halogens is 2. The third kappa shape index (κ3) is 5.68. The molecule has 23 heavy (non-hydrogen) atoms. The first-order valence-electron chi connectivity index (χ1n) is 6.49. The molecule has 1 atom stereocenters. The molecule has 9 nitrogen and oxygen atoms in total. The van der Waals surface area contributed by atoms with E-state index in [2.05, 4.69) is 9.47 Å². The second-order valence-corrected chi connectivity index (χ2v) is 4.27. The summed E-state index contributed by atoms with van der Waals surface area (Å²) >= 11 is 0. The number of amides is 2. The molecule has 0 saturated carbocycles. The van der Waals surface area contributed by atoms with Crippen LogP contribution in [0.1, 0.15) is 20.8 Å². The van der Waals surface area contributed by atoms with E-state index in [0.717, 1.165) is 14.2 Å². The van der Waals surface area contributed by atoms with Crippen molar-refractivity contribution < 1.29 is 37.5 Å². The van der Waals surface area contributed by atoms with E-state index < -0.39 is 30.4 Å². The molecule has 0 rings (SSSR count). The fourth-order valence-corrected chi connectivity index (χ4v) is 1.33. The zero-order chi connectivity index (χ0) is 18.2. The predicted molar refractivity (Wildman–Crippen MR) is 69.9 cm³/mol. The third-order valence-corrected chi connectivity index (χ3v) is 2.31. The molecule has 0 heterocycles. The highest BCUT2D eigenvalue weighted by Crippen LogP contribution is 2.20. The van der Waals surface area contributed by atoms with Gasteiger partial charge < -0.3 is 4.74 Å². The van der Waals surface area contributed by atoms with E-state index >= 15 is 0 Å². The van der Waals surface area contributed by atoms with Gasteiger partial charge in [-0.05, 0) is 20.8 Å². The lowest BCUT2D eigenvalue weighted by Gasteiger charge is -2.33. The van der Waals surface area contributed by atoms with Gasteiger partial charge in [0.15, 0.2) is 6.07 Å². The van der Waals surface area contributed by atoms with Gasteiger partial charge in [-0.1, -0.05) is 5.23 Å². The van der Waals surface area contributed by atoms with E-state index in [1.54, 1.807) is 13.8 Å². The largest absolute Gasteiger partial charge is 0.361 e. The van der Waals surface area contributed by atoms with Crippen LogP contribution in [0.15, 0.2) is 0 Å². The summed E-state index contributed by atoms with van der Waals surface area (Å²) in [5.41, 5.74) is 0. The Morgan fingerprint density at radius 1 is 1.30 bits per heavy atom. The van der Waals surface area contributed by atoms with E-state index in [9.17, 15) is 18.4 Å². The van der Waals surface area contributed by atoms with Crippen molar-refractivity contribution in [2.75, 3.05) is 20.8 Å². The second-order valence-electron chi connectivity index (χ2n) is 4.27. The van der Waals surface area contributed by atoms with Crippen molar-refractivity contribution in [1.82, 2.24) is 10.1 Å². The van der Waals surface area contributed by atoms with E-state index in [-0.39, 0.29) is 11.5 Å². The molecular formula is C12H19F2N3O6. The zero-order valence-corrected chi connectivity index (χ0v) is 13.4. The molecule has 0 spiro atoms. The fourth-order valence-electron chi connectivity index (χ4n) is 1.33. The number of hydroxylamine groups is 2. The molecule has 11 heteroatoms.